The van der Waals surface area contributed by atoms with Crippen molar-refractivity contribution in [3.63, 3.8) is 0 Å². The van der Waals surface area contributed by atoms with E-state index in [1.54, 1.807) is 0 Å². The predicted octanol–water partition coefficient (Wildman–Crippen LogP) is 10.1. The smallest absolute Gasteiger partial charge is 0.0659 e. The van der Waals surface area contributed by atoms with Gasteiger partial charge in [0.05, 0.1) is 5.69 Å². The Labute approximate surface area is 226 Å². The van der Waals surface area contributed by atoms with E-state index in [4.69, 9.17) is 0 Å². The van der Waals surface area contributed by atoms with E-state index in [-0.39, 0.29) is 0 Å². The number of rotatable bonds is 4. The maximum atomic E-state index is 4.58. The lowest BCUT2D eigenvalue weighted by molar-refractivity contribution is 0.941. The van der Waals surface area contributed by atoms with Crippen molar-refractivity contribution in [2.45, 2.75) is 61.8 Å². The van der Waals surface area contributed by atoms with Crippen LogP contribution in [0.5, 0.6) is 0 Å². The molecule has 0 atom stereocenters. The molecule has 0 fully saturated rings. The number of aryl methyl sites for hydroxylation is 2. The third-order valence-corrected chi connectivity index (χ3v) is 5.33. The first-order valence-corrected chi connectivity index (χ1v) is 13.5. The van der Waals surface area contributed by atoms with Gasteiger partial charge in [-0.05, 0) is 62.1 Å². The summed E-state index contributed by atoms with van der Waals surface area (Å²) in [5.41, 5.74) is 9.67. The fourth-order valence-corrected chi connectivity index (χ4v) is 3.30. The molecule has 0 radical (unpaired) electrons. The van der Waals surface area contributed by atoms with Crippen LogP contribution >= 0.6 is 0 Å². The van der Waals surface area contributed by atoms with Crippen molar-refractivity contribution in [3.05, 3.63) is 125 Å². The molecule has 1 aliphatic heterocycles. The molecule has 196 valence electrons. The Morgan fingerprint density at radius 1 is 0.811 bits per heavy atom. The number of nitrogens with one attached hydrogen (secondary N) is 1. The van der Waals surface area contributed by atoms with Gasteiger partial charge in [-0.3, -0.25) is 4.99 Å². The molecular formula is C35H46N2. The zero-order valence-electron chi connectivity index (χ0n) is 24.2. The number of allylic oxidation sites excluding steroid dienone is 4. The van der Waals surface area contributed by atoms with Crippen LogP contribution in [0.3, 0.4) is 0 Å². The number of benzene rings is 3. The molecule has 0 amide bonds. The first kappa shape index (κ1) is 31.4. The minimum atomic E-state index is 0.959. The van der Waals surface area contributed by atoms with Gasteiger partial charge in [0.25, 0.3) is 0 Å². The molecule has 0 spiro atoms. The van der Waals surface area contributed by atoms with Crippen LogP contribution in [-0.2, 0) is 0 Å². The third kappa shape index (κ3) is 11.8. The second-order valence-corrected chi connectivity index (χ2v) is 8.67. The number of dihydropyridines is 1. The Hall–Kier alpha value is -3.65. The zero-order valence-corrected chi connectivity index (χ0v) is 24.2. The lowest BCUT2D eigenvalue weighted by Crippen LogP contribution is -2.17. The average Bonchev–Trinajstić information content (AvgIpc) is 2.94. The quantitative estimate of drug-likeness (QED) is 0.358. The highest BCUT2D eigenvalue weighted by Gasteiger charge is 2.03. The molecule has 37 heavy (non-hydrogen) atoms. The predicted molar refractivity (Wildman–Crippen MR) is 168 cm³/mol. The van der Waals surface area contributed by atoms with Gasteiger partial charge in [0.1, 0.15) is 0 Å². The number of hydrogen-bond acceptors (Lipinski definition) is 2. The maximum absolute atomic E-state index is 4.58. The van der Waals surface area contributed by atoms with Gasteiger partial charge in [0, 0.05) is 18.5 Å². The molecule has 4 rings (SSSR count). The van der Waals surface area contributed by atoms with Crippen LogP contribution < -0.4 is 5.32 Å². The summed E-state index contributed by atoms with van der Waals surface area (Å²) in [4.78, 5) is 4.58. The second-order valence-electron chi connectivity index (χ2n) is 8.67. The molecule has 0 saturated heterocycles. The van der Waals surface area contributed by atoms with Crippen LogP contribution in [0.1, 0.15) is 70.2 Å². The van der Waals surface area contributed by atoms with Crippen LogP contribution in [0.2, 0.25) is 0 Å². The van der Waals surface area contributed by atoms with E-state index in [0.29, 0.717) is 0 Å². The van der Waals surface area contributed by atoms with Crippen LogP contribution in [0.4, 0.5) is 5.69 Å². The number of nitrogens with zero attached hydrogens (tertiary/aromatic N) is 1. The van der Waals surface area contributed by atoms with Crippen molar-refractivity contribution < 1.29 is 0 Å². The largest absolute Gasteiger partial charge is 0.381 e. The van der Waals surface area contributed by atoms with E-state index in [1.165, 1.54) is 39.9 Å². The van der Waals surface area contributed by atoms with Crippen molar-refractivity contribution in [2.75, 3.05) is 6.54 Å². The van der Waals surface area contributed by atoms with Gasteiger partial charge in [-0.2, -0.15) is 0 Å². The van der Waals surface area contributed by atoms with E-state index >= 15 is 0 Å². The molecule has 0 aromatic heterocycles. The summed E-state index contributed by atoms with van der Waals surface area (Å²) >= 11 is 0. The van der Waals surface area contributed by atoms with E-state index < -0.39 is 0 Å². The van der Waals surface area contributed by atoms with E-state index in [1.807, 2.05) is 51.3 Å². The molecule has 0 unspecified atom stereocenters. The number of hydrogen-bond donors (Lipinski definition) is 1. The van der Waals surface area contributed by atoms with Gasteiger partial charge < -0.3 is 5.32 Å². The summed E-state index contributed by atoms with van der Waals surface area (Å²) in [5.74, 6) is 0. The van der Waals surface area contributed by atoms with Crippen molar-refractivity contribution in [1.82, 2.24) is 5.32 Å². The van der Waals surface area contributed by atoms with Gasteiger partial charge in [-0.25, -0.2) is 0 Å². The molecule has 0 bridgehead atoms. The first-order chi connectivity index (χ1) is 18.0. The highest BCUT2D eigenvalue weighted by molar-refractivity contribution is 6.10. The Kier molecular flexibility index (Phi) is 15.8. The summed E-state index contributed by atoms with van der Waals surface area (Å²) in [6, 6.07) is 27.1. The third-order valence-electron chi connectivity index (χ3n) is 5.33. The van der Waals surface area contributed by atoms with Gasteiger partial charge in [-0.15, -0.1) is 0 Å². The molecule has 2 heteroatoms. The number of aliphatic imine (C=N–C) groups is 1. The topological polar surface area (TPSA) is 24.4 Å². The SMILES string of the molecule is C/C=C(\C=Nc1ccccc1C)c1ccc(C)cc1.CC.CC1=CC=C(c2ccccc2)NC1.CCC. The van der Waals surface area contributed by atoms with Gasteiger partial charge in [0.15, 0.2) is 0 Å². The average molecular weight is 495 g/mol. The molecular weight excluding hydrogens is 448 g/mol. The highest BCUT2D eigenvalue weighted by atomic mass is 14.9. The summed E-state index contributed by atoms with van der Waals surface area (Å²) < 4.78 is 0. The summed E-state index contributed by atoms with van der Waals surface area (Å²) in [6.45, 7) is 17.6. The minimum Gasteiger partial charge on any atom is -0.381 e. The molecule has 3 aromatic carbocycles. The van der Waals surface area contributed by atoms with Crippen molar-refractivity contribution in [2.24, 2.45) is 4.99 Å². The number of para-hydroxylation sites is 1. The minimum absolute atomic E-state index is 0.959. The van der Waals surface area contributed by atoms with Gasteiger partial charge in [-0.1, -0.05) is 130 Å². The molecule has 3 aromatic rings. The fraction of sp³-hybridized carbons (Fsp3) is 0.286. The van der Waals surface area contributed by atoms with E-state index in [0.717, 1.165) is 17.8 Å². The monoisotopic (exact) mass is 494 g/mol. The lowest BCUT2D eigenvalue weighted by atomic mass is 10.1. The van der Waals surface area contributed by atoms with Crippen LogP contribution in [0, 0.1) is 13.8 Å². The van der Waals surface area contributed by atoms with Crippen molar-refractivity contribution in [3.8, 4) is 0 Å². The molecule has 2 nitrogen and oxygen atoms in total. The fourth-order valence-electron chi connectivity index (χ4n) is 3.30. The van der Waals surface area contributed by atoms with E-state index in [2.05, 4.69) is 118 Å². The standard InChI is InChI=1S/C18H19N.C12H13N.C3H8.C2H6/c1-4-16(17-11-9-14(2)10-12-17)13-19-18-8-6-5-7-15(18)3;1-10-7-8-12(13-9-10)11-5-3-2-4-6-11;1-3-2;1-2/h4-13H,1-3H3;2-8,13H,9H2,1H3;3H2,1-2H3;1-2H3/b16-4+,19-13?;;;. The second kappa shape index (κ2) is 18.6. The Balaban J connectivity index is 0.000000330. The van der Waals surface area contributed by atoms with Crippen LogP contribution in [0.15, 0.2) is 108 Å². The Morgan fingerprint density at radius 2 is 1.41 bits per heavy atom. The van der Waals surface area contributed by atoms with E-state index in [9.17, 15) is 0 Å². The van der Waals surface area contributed by atoms with Crippen molar-refractivity contribution >= 4 is 23.2 Å². The van der Waals surface area contributed by atoms with Gasteiger partial charge in [0.2, 0.25) is 0 Å². The van der Waals surface area contributed by atoms with Crippen LogP contribution in [0.25, 0.3) is 11.3 Å². The van der Waals surface area contributed by atoms with Crippen LogP contribution in [-0.4, -0.2) is 12.8 Å². The van der Waals surface area contributed by atoms with Crippen molar-refractivity contribution in [1.29, 1.82) is 0 Å². The molecule has 1 heterocycles. The first-order valence-electron chi connectivity index (χ1n) is 13.5. The molecule has 0 saturated carbocycles. The zero-order chi connectivity index (χ0) is 27.5. The summed E-state index contributed by atoms with van der Waals surface area (Å²) in [6.07, 6.45) is 9.58. The molecule has 1 N–H and O–H groups in total. The normalized spacial score (nSPS) is 12.4. The highest BCUT2D eigenvalue weighted by Crippen LogP contribution is 2.19. The Bertz CT molecular complexity index is 1150. The molecule has 1 aliphatic rings. The summed E-state index contributed by atoms with van der Waals surface area (Å²) in [7, 11) is 0. The maximum Gasteiger partial charge on any atom is 0.0659 e. The summed E-state index contributed by atoms with van der Waals surface area (Å²) in [5, 5.41) is 3.38. The van der Waals surface area contributed by atoms with Gasteiger partial charge >= 0.3 is 0 Å². The molecule has 0 aliphatic carbocycles. The Morgan fingerprint density at radius 3 is 1.95 bits per heavy atom. The lowest BCUT2D eigenvalue weighted by Gasteiger charge is -2.14.